The third-order valence-corrected chi connectivity index (χ3v) is 5.12. The van der Waals surface area contributed by atoms with Gasteiger partial charge in [0.15, 0.2) is 0 Å². The van der Waals surface area contributed by atoms with Gasteiger partial charge in [0.2, 0.25) is 0 Å². The van der Waals surface area contributed by atoms with E-state index in [1.54, 1.807) is 0 Å². The molecule has 0 spiro atoms. The molecule has 1 aliphatic carbocycles. The standard InChI is InChI=1S/C17H26N2O/c1-18(2)13-9-11-19(12-10-13)16-7-3-6-15-14(16)5-4-8-17(15)20/h4-5,8,13,16,20H,3,6-7,9-12H2,1-2H3. The van der Waals surface area contributed by atoms with Crippen LogP contribution in [0.5, 0.6) is 5.75 Å². The lowest BCUT2D eigenvalue weighted by atomic mass is 9.85. The van der Waals surface area contributed by atoms with Crippen LogP contribution in [0.3, 0.4) is 0 Å². The predicted octanol–water partition coefficient (Wildman–Crippen LogP) is 2.80. The number of phenolic OH excluding ortho intramolecular Hbond substituents is 1. The third-order valence-electron chi connectivity index (χ3n) is 5.12. The Morgan fingerprint density at radius 1 is 1.15 bits per heavy atom. The van der Waals surface area contributed by atoms with Crippen LogP contribution in [0.2, 0.25) is 0 Å². The molecule has 1 atom stereocenters. The first-order valence-electron chi connectivity index (χ1n) is 7.88. The molecule has 0 bridgehead atoms. The smallest absolute Gasteiger partial charge is 0.119 e. The van der Waals surface area contributed by atoms with E-state index in [9.17, 15) is 5.11 Å². The molecule has 3 rings (SSSR count). The zero-order valence-corrected chi connectivity index (χ0v) is 12.7. The van der Waals surface area contributed by atoms with E-state index in [-0.39, 0.29) is 0 Å². The average molecular weight is 274 g/mol. The van der Waals surface area contributed by atoms with Crippen LogP contribution >= 0.6 is 0 Å². The SMILES string of the molecule is CN(C)C1CCN(C2CCCc3c(O)cccc32)CC1. The van der Waals surface area contributed by atoms with E-state index in [1.165, 1.54) is 49.9 Å². The Bertz CT molecular complexity index is 464. The molecular weight excluding hydrogens is 248 g/mol. The van der Waals surface area contributed by atoms with E-state index in [0.29, 0.717) is 11.8 Å². The Morgan fingerprint density at radius 2 is 1.90 bits per heavy atom. The summed E-state index contributed by atoms with van der Waals surface area (Å²) < 4.78 is 0. The second-order valence-corrected chi connectivity index (χ2v) is 6.48. The minimum Gasteiger partial charge on any atom is -0.508 e. The summed E-state index contributed by atoms with van der Waals surface area (Å²) in [7, 11) is 4.38. The van der Waals surface area contributed by atoms with Crippen LogP contribution in [0.15, 0.2) is 18.2 Å². The minimum absolute atomic E-state index is 0.496. The van der Waals surface area contributed by atoms with Crippen molar-refractivity contribution in [1.29, 1.82) is 0 Å². The molecular formula is C17H26N2O. The quantitative estimate of drug-likeness (QED) is 0.898. The molecule has 3 heteroatoms. The molecule has 110 valence electrons. The molecule has 1 heterocycles. The number of phenols is 1. The van der Waals surface area contributed by atoms with Crippen molar-refractivity contribution in [3.63, 3.8) is 0 Å². The summed E-state index contributed by atoms with van der Waals surface area (Å²) in [5.41, 5.74) is 2.57. The van der Waals surface area contributed by atoms with Crippen molar-refractivity contribution >= 4 is 0 Å². The van der Waals surface area contributed by atoms with E-state index in [0.717, 1.165) is 12.5 Å². The first-order chi connectivity index (χ1) is 9.66. The zero-order chi connectivity index (χ0) is 14.1. The summed E-state index contributed by atoms with van der Waals surface area (Å²) in [4.78, 5) is 5.00. The second kappa shape index (κ2) is 5.74. The summed E-state index contributed by atoms with van der Waals surface area (Å²) >= 11 is 0. The molecule has 1 aromatic rings. The van der Waals surface area contributed by atoms with Gasteiger partial charge in [-0.25, -0.2) is 0 Å². The average Bonchev–Trinajstić information content (AvgIpc) is 2.47. The van der Waals surface area contributed by atoms with Gasteiger partial charge in [-0.3, -0.25) is 4.90 Å². The fourth-order valence-electron chi connectivity index (χ4n) is 3.90. The van der Waals surface area contributed by atoms with Gasteiger partial charge in [-0.15, -0.1) is 0 Å². The summed E-state index contributed by atoms with van der Waals surface area (Å²) in [6.45, 7) is 2.37. The van der Waals surface area contributed by atoms with Gasteiger partial charge >= 0.3 is 0 Å². The van der Waals surface area contributed by atoms with Crippen LogP contribution in [-0.4, -0.2) is 48.1 Å². The highest BCUT2D eigenvalue weighted by Crippen LogP contribution is 2.39. The van der Waals surface area contributed by atoms with E-state index in [2.05, 4.69) is 30.0 Å². The molecule has 1 aromatic carbocycles. The lowest BCUT2D eigenvalue weighted by molar-refractivity contribution is 0.0994. The Morgan fingerprint density at radius 3 is 2.60 bits per heavy atom. The molecule has 2 aliphatic rings. The van der Waals surface area contributed by atoms with Crippen LogP contribution in [0.25, 0.3) is 0 Å². The van der Waals surface area contributed by atoms with E-state index < -0.39 is 0 Å². The Labute approximate surface area is 122 Å². The van der Waals surface area contributed by atoms with Crippen LogP contribution in [0, 0.1) is 0 Å². The number of nitrogens with zero attached hydrogens (tertiary/aromatic N) is 2. The summed E-state index contributed by atoms with van der Waals surface area (Å²) in [6.07, 6.45) is 5.99. The molecule has 0 aromatic heterocycles. The highest BCUT2D eigenvalue weighted by atomic mass is 16.3. The van der Waals surface area contributed by atoms with E-state index in [1.807, 2.05) is 12.1 Å². The molecule has 3 nitrogen and oxygen atoms in total. The van der Waals surface area contributed by atoms with Crippen LogP contribution < -0.4 is 0 Å². The number of aromatic hydroxyl groups is 1. The Kier molecular flexibility index (Phi) is 3.99. The van der Waals surface area contributed by atoms with Gasteiger partial charge in [-0.05, 0) is 63.4 Å². The Balaban J connectivity index is 1.75. The van der Waals surface area contributed by atoms with Gasteiger partial charge in [0.1, 0.15) is 5.75 Å². The summed E-state index contributed by atoms with van der Waals surface area (Å²) in [5, 5.41) is 10.1. The van der Waals surface area contributed by atoms with Gasteiger partial charge in [-0.2, -0.15) is 0 Å². The van der Waals surface area contributed by atoms with Crippen molar-refractivity contribution in [3.8, 4) is 5.75 Å². The number of piperidine rings is 1. The number of rotatable bonds is 2. The molecule has 1 saturated heterocycles. The lowest BCUT2D eigenvalue weighted by Gasteiger charge is -2.41. The molecule has 1 N–H and O–H groups in total. The minimum atomic E-state index is 0.496. The van der Waals surface area contributed by atoms with Crippen molar-refractivity contribution in [2.45, 2.75) is 44.2 Å². The molecule has 1 unspecified atom stereocenters. The third kappa shape index (κ3) is 2.57. The topological polar surface area (TPSA) is 26.7 Å². The zero-order valence-electron chi connectivity index (χ0n) is 12.7. The van der Waals surface area contributed by atoms with Crippen molar-refractivity contribution < 1.29 is 5.11 Å². The van der Waals surface area contributed by atoms with E-state index >= 15 is 0 Å². The van der Waals surface area contributed by atoms with E-state index in [4.69, 9.17) is 0 Å². The summed E-state index contributed by atoms with van der Waals surface area (Å²) in [6, 6.07) is 7.31. The summed E-state index contributed by atoms with van der Waals surface area (Å²) in [5.74, 6) is 0.496. The first kappa shape index (κ1) is 13.9. The van der Waals surface area contributed by atoms with Crippen molar-refractivity contribution in [3.05, 3.63) is 29.3 Å². The molecule has 0 radical (unpaired) electrons. The molecule has 0 saturated carbocycles. The van der Waals surface area contributed by atoms with Gasteiger partial charge in [0.05, 0.1) is 0 Å². The highest BCUT2D eigenvalue weighted by molar-refractivity contribution is 5.42. The van der Waals surface area contributed by atoms with Crippen LogP contribution in [-0.2, 0) is 6.42 Å². The van der Waals surface area contributed by atoms with Crippen LogP contribution in [0.1, 0.15) is 42.9 Å². The molecule has 0 amide bonds. The first-order valence-corrected chi connectivity index (χ1v) is 7.88. The maximum atomic E-state index is 10.1. The number of fused-ring (bicyclic) bond motifs is 1. The maximum absolute atomic E-state index is 10.1. The number of likely N-dealkylation sites (tertiary alicyclic amines) is 1. The van der Waals surface area contributed by atoms with Gasteiger partial charge in [-0.1, -0.05) is 12.1 Å². The normalized spacial score (nSPS) is 24.9. The molecule has 1 aliphatic heterocycles. The fourth-order valence-corrected chi connectivity index (χ4v) is 3.90. The van der Waals surface area contributed by atoms with Gasteiger partial charge in [0, 0.05) is 25.2 Å². The number of hydrogen-bond donors (Lipinski definition) is 1. The van der Waals surface area contributed by atoms with Gasteiger partial charge < -0.3 is 10.0 Å². The van der Waals surface area contributed by atoms with Gasteiger partial charge in [0.25, 0.3) is 0 Å². The largest absolute Gasteiger partial charge is 0.508 e. The van der Waals surface area contributed by atoms with Crippen molar-refractivity contribution in [1.82, 2.24) is 9.80 Å². The van der Waals surface area contributed by atoms with Crippen molar-refractivity contribution in [2.24, 2.45) is 0 Å². The molecule has 20 heavy (non-hydrogen) atoms. The fraction of sp³-hybridized carbons (Fsp3) is 0.647. The maximum Gasteiger partial charge on any atom is 0.119 e. The molecule has 1 fully saturated rings. The Hall–Kier alpha value is -1.06. The highest BCUT2D eigenvalue weighted by Gasteiger charge is 2.30. The monoisotopic (exact) mass is 274 g/mol. The number of benzene rings is 1. The number of hydrogen-bond acceptors (Lipinski definition) is 3. The lowest BCUT2D eigenvalue weighted by Crippen LogP contribution is -2.44. The predicted molar refractivity (Wildman–Crippen MR) is 82.1 cm³/mol. The van der Waals surface area contributed by atoms with Crippen LogP contribution in [0.4, 0.5) is 0 Å². The second-order valence-electron chi connectivity index (χ2n) is 6.48. The van der Waals surface area contributed by atoms with Crippen molar-refractivity contribution in [2.75, 3.05) is 27.2 Å².